The summed E-state index contributed by atoms with van der Waals surface area (Å²) in [7, 11) is 0. The monoisotopic (exact) mass is 258 g/mol. The van der Waals surface area contributed by atoms with E-state index in [9.17, 15) is 14.5 Å². The van der Waals surface area contributed by atoms with Crippen molar-refractivity contribution in [3.63, 3.8) is 0 Å². The molecule has 94 valence electrons. The Hall–Kier alpha value is -1.30. The van der Waals surface area contributed by atoms with Crippen molar-refractivity contribution in [3.05, 3.63) is 34.1 Å². The Kier molecular flexibility index (Phi) is 5.76. The molecule has 0 aliphatic heterocycles. The predicted molar refractivity (Wildman–Crippen MR) is 69.2 cm³/mol. The molecule has 1 aromatic carbocycles. The van der Waals surface area contributed by atoms with Gasteiger partial charge >= 0.3 is 0 Å². The fourth-order valence-corrected chi connectivity index (χ4v) is 1.92. The lowest BCUT2D eigenvalue weighted by Gasteiger charge is -2.07. The molecule has 0 aliphatic rings. The number of benzene rings is 1. The molecule has 0 spiro atoms. The van der Waals surface area contributed by atoms with Crippen molar-refractivity contribution in [2.24, 2.45) is 0 Å². The quantitative estimate of drug-likeness (QED) is 0.463. The van der Waals surface area contributed by atoms with Gasteiger partial charge in [-0.2, -0.15) is 11.8 Å². The number of nitro benzene ring substituents is 1. The van der Waals surface area contributed by atoms with Gasteiger partial charge in [0.15, 0.2) is 5.82 Å². The van der Waals surface area contributed by atoms with Crippen LogP contribution in [0.1, 0.15) is 12.8 Å². The van der Waals surface area contributed by atoms with Crippen LogP contribution in [-0.4, -0.2) is 23.5 Å². The smallest absolute Gasteiger partial charge is 0.295 e. The van der Waals surface area contributed by atoms with E-state index in [0.717, 1.165) is 18.6 Å². The highest BCUT2D eigenvalue weighted by Gasteiger charge is 2.16. The highest BCUT2D eigenvalue weighted by Crippen LogP contribution is 2.26. The number of hydrogen-bond donors (Lipinski definition) is 1. The summed E-state index contributed by atoms with van der Waals surface area (Å²) in [5, 5.41) is 13.5. The van der Waals surface area contributed by atoms with Crippen molar-refractivity contribution >= 4 is 23.1 Å². The van der Waals surface area contributed by atoms with Crippen molar-refractivity contribution in [1.29, 1.82) is 0 Å². The molecule has 0 saturated carbocycles. The molecule has 1 aromatic rings. The number of thioether (sulfide) groups is 1. The van der Waals surface area contributed by atoms with Crippen molar-refractivity contribution in [1.82, 2.24) is 0 Å². The van der Waals surface area contributed by atoms with Gasteiger partial charge in [0.05, 0.1) is 4.92 Å². The molecular formula is C11H15FN2O2S. The second-order valence-corrected chi connectivity index (χ2v) is 4.50. The molecule has 17 heavy (non-hydrogen) atoms. The van der Waals surface area contributed by atoms with Crippen LogP contribution in [0.25, 0.3) is 0 Å². The molecule has 1 rings (SSSR count). The van der Waals surface area contributed by atoms with Crippen LogP contribution in [0, 0.1) is 15.9 Å². The lowest BCUT2D eigenvalue weighted by molar-refractivity contribution is -0.384. The fourth-order valence-electron chi connectivity index (χ4n) is 1.42. The average molecular weight is 258 g/mol. The molecule has 1 N–H and O–H groups in total. The molecule has 0 atom stereocenters. The van der Waals surface area contributed by atoms with Crippen molar-refractivity contribution in [2.75, 3.05) is 23.9 Å². The molecule has 0 aliphatic carbocycles. The van der Waals surface area contributed by atoms with Gasteiger partial charge in [-0.3, -0.25) is 10.1 Å². The Labute approximate surface area is 104 Å². The van der Waals surface area contributed by atoms with Crippen LogP contribution in [-0.2, 0) is 0 Å². The first-order valence-electron chi connectivity index (χ1n) is 5.32. The average Bonchev–Trinajstić information content (AvgIpc) is 2.30. The molecule has 0 saturated heterocycles. The topological polar surface area (TPSA) is 55.2 Å². The van der Waals surface area contributed by atoms with Crippen LogP contribution in [0.4, 0.5) is 15.8 Å². The molecule has 0 amide bonds. The van der Waals surface area contributed by atoms with Gasteiger partial charge in [-0.15, -0.1) is 0 Å². The van der Waals surface area contributed by atoms with Crippen LogP contribution < -0.4 is 5.32 Å². The van der Waals surface area contributed by atoms with Gasteiger partial charge in [0.2, 0.25) is 0 Å². The number of nitrogens with zero attached hydrogens (tertiary/aromatic N) is 1. The molecule has 4 nitrogen and oxygen atoms in total. The van der Waals surface area contributed by atoms with Gasteiger partial charge in [0.1, 0.15) is 5.69 Å². The number of rotatable bonds is 7. The van der Waals surface area contributed by atoms with Crippen LogP contribution >= 0.6 is 11.8 Å². The van der Waals surface area contributed by atoms with Gasteiger partial charge < -0.3 is 5.32 Å². The number of hydrogen-bond acceptors (Lipinski definition) is 4. The van der Waals surface area contributed by atoms with Crippen molar-refractivity contribution < 1.29 is 9.31 Å². The molecule has 0 aromatic heterocycles. The van der Waals surface area contributed by atoms with E-state index in [1.807, 2.05) is 6.26 Å². The predicted octanol–water partition coefficient (Wildman–Crippen LogP) is 3.29. The molecule has 6 heteroatoms. The number of halogens is 1. The molecule has 0 fully saturated rings. The third-order valence-electron chi connectivity index (χ3n) is 2.27. The zero-order chi connectivity index (χ0) is 12.7. The van der Waals surface area contributed by atoms with E-state index in [1.165, 1.54) is 18.2 Å². The lowest BCUT2D eigenvalue weighted by atomic mass is 10.2. The molecular weight excluding hydrogens is 243 g/mol. The Morgan fingerprint density at radius 2 is 2.24 bits per heavy atom. The summed E-state index contributed by atoms with van der Waals surface area (Å²) in [5.74, 6) is 0.463. The van der Waals surface area contributed by atoms with Crippen LogP contribution in [0.15, 0.2) is 18.2 Å². The van der Waals surface area contributed by atoms with Crippen LogP contribution in [0.2, 0.25) is 0 Å². The van der Waals surface area contributed by atoms with Gasteiger partial charge in [-0.1, -0.05) is 6.07 Å². The van der Waals surface area contributed by atoms with E-state index in [1.54, 1.807) is 11.8 Å². The highest BCUT2D eigenvalue weighted by molar-refractivity contribution is 7.98. The third-order valence-corrected chi connectivity index (χ3v) is 2.96. The first-order valence-corrected chi connectivity index (χ1v) is 6.72. The zero-order valence-corrected chi connectivity index (χ0v) is 10.4. The number of nitrogens with one attached hydrogen (secondary N) is 1. The summed E-state index contributed by atoms with van der Waals surface area (Å²) >= 11 is 1.75. The SMILES string of the molecule is CSCCCCNc1c(F)cccc1[N+](=O)[O-]. The van der Waals surface area contributed by atoms with Gasteiger partial charge in [0.25, 0.3) is 5.69 Å². The van der Waals surface area contributed by atoms with Gasteiger partial charge in [0, 0.05) is 12.6 Å². The first kappa shape index (κ1) is 13.8. The Bertz CT molecular complexity index is 388. The largest absolute Gasteiger partial charge is 0.377 e. The van der Waals surface area contributed by atoms with Gasteiger partial charge in [-0.25, -0.2) is 4.39 Å². The minimum absolute atomic E-state index is 0.0124. The molecule has 0 heterocycles. The number of para-hydroxylation sites is 1. The van der Waals surface area contributed by atoms with Crippen LogP contribution in [0.5, 0.6) is 0 Å². The minimum atomic E-state index is -0.580. The highest BCUT2D eigenvalue weighted by atomic mass is 32.2. The number of nitro groups is 1. The van der Waals surface area contributed by atoms with Crippen molar-refractivity contribution in [2.45, 2.75) is 12.8 Å². The van der Waals surface area contributed by atoms with Crippen LogP contribution in [0.3, 0.4) is 0 Å². The standard InChI is InChI=1S/C11H15FN2O2S/c1-17-8-3-2-7-13-11-9(12)5-4-6-10(11)14(15)16/h4-6,13H,2-3,7-8H2,1H3. The van der Waals surface area contributed by atoms with E-state index in [2.05, 4.69) is 5.32 Å². The van der Waals surface area contributed by atoms with E-state index in [4.69, 9.17) is 0 Å². The summed E-state index contributed by atoms with van der Waals surface area (Å²) in [4.78, 5) is 10.1. The van der Waals surface area contributed by atoms with E-state index in [0.29, 0.717) is 6.54 Å². The first-order chi connectivity index (χ1) is 8.16. The lowest BCUT2D eigenvalue weighted by Crippen LogP contribution is -2.06. The third kappa shape index (κ3) is 4.22. The maximum Gasteiger partial charge on any atom is 0.295 e. The summed E-state index contributed by atoms with van der Waals surface area (Å²) in [6.45, 7) is 0.544. The van der Waals surface area contributed by atoms with Gasteiger partial charge in [-0.05, 0) is 30.9 Å². The number of unbranched alkanes of at least 4 members (excludes halogenated alkanes) is 1. The van der Waals surface area contributed by atoms with E-state index < -0.39 is 10.7 Å². The number of anilines is 1. The van der Waals surface area contributed by atoms with E-state index in [-0.39, 0.29) is 11.4 Å². The minimum Gasteiger partial charge on any atom is -0.377 e. The molecule has 0 radical (unpaired) electrons. The maximum atomic E-state index is 13.4. The summed E-state index contributed by atoms with van der Waals surface area (Å²) in [6, 6.07) is 3.86. The second kappa shape index (κ2) is 7.11. The fraction of sp³-hybridized carbons (Fsp3) is 0.455. The molecule has 0 bridgehead atoms. The Morgan fingerprint density at radius 3 is 2.88 bits per heavy atom. The normalized spacial score (nSPS) is 10.2. The Morgan fingerprint density at radius 1 is 1.47 bits per heavy atom. The Balaban J connectivity index is 2.60. The second-order valence-electron chi connectivity index (χ2n) is 3.52. The maximum absolute atomic E-state index is 13.4. The van der Waals surface area contributed by atoms with E-state index >= 15 is 0 Å². The molecule has 0 unspecified atom stereocenters. The summed E-state index contributed by atoms with van der Waals surface area (Å²) in [6.07, 6.45) is 3.90. The summed E-state index contributed by atoms with van der Waals surface area (Å²) in [5.41, 5.74) is -0.225. The summed E-state index contributed by atoms with van der Waals surface area (Å²) < 4.78 is 13.4. The van der Waals surface area contributed by atoms with Crippen molar-refractivity contribution in [3.8, 4) is 0 Å². The zero-order valence-electron chi connectivity index (χ0n) is 9.61.